The average molecular weight is 646 g/mol. The van der Waals surface area contributed by atoms with Gasteiger partial charge in [0, 0.05) is 0 Å². The minimum absolute atomic E-state index is 1.31. The summed E-state index contributed by atoms with van der Waals surface area (Å²) in [6.45, 7) is 0. The quantitative estimate of drug-likeness (QED) is 0.161. The fraction of sp³-hybridized carbons (Fsp3) is 1.00. The first-order chi connectivity index (χ1) is 16.5. The second-order valence-corrected chi connectivity index (χ2v) is 6.81. The molecule has 27 heteroatoms. The van der Waals surface area contributed by atoms with Crippen LogP contribution in [-0.4, -0.2) is 72.4 Å². The zero-order chi connectivity index (χ0) is 31.9. The van der Waals surface area contributed by atoms with Gasteiger partial charge in [-0.2, -0.15) is 102 Å². The molecule has 1 heterocycles. The van der Waals surface area contributed by atoms with E-state index in [9.17, 15) is 101 Å². The van der Waals surface area contributed by atoms with E-state index in [1.54, 1.807) is 4.89 Å². The fourth-order valence-electron chi connectivity index (χ4n) is 2.30. The maximum Gasteiger partial charge on any atom is 0.462 e. The van der Waals surface area contributed by atoms with E-state index in [4.69, 9.17) is 0 Å². The van der Waals surface area contributed by atoms with E-state index in [-0.39, 0.29) is 0 Å². The summed E-state index contributed by atoms with van der Waals surface area (Å²) in [4.78, 5) is 3.61. The van der Waals surface area contributed by atoms with Gasteiger partial charge in [-0.25, -0.2) is 8.78 Å². The van der Waals surface area contributed by atoms with Crippen LogP contribution in [0.15, 0.2) is 0 Å². The predicted molar refractivity (Wildman–Crippen MR) is 63.7 cm³/mol. The summed E-state index contributed by atoms with van der Waals surface area (Å²) in [5.41, 5.74) is -8.00. The third kappa shape index (κ3) is 4.99. The fourth-order valence-corrected chi connectivity index (χ4v) is 2.30. The summed E-state index contributed by atoms with van der Waals surface area (Å²) >= 11 is 0. The molecule has 1 aliphatic heterocycles. The molecule has 0 aromatic rings. The third-order valence-corrected chi connectivity index (χ3v) is 4.15. The largest absolute Gasteiger partial charge is 0.462 e. The molecule has 0 aliphatic carbocycles. The van der Waals surface area contributed by atoms with E-state index >= 15 is 0 Å². The van der Waals surface area contributed by atoms with Crippen molar-refractivity contribution in [1.82, 2.24) is 0 Å². The Kier molecular flexibility index (Phi) is 8.01. The Morgan fingerprint density at radius 2 is 1.03 bits per heavy atom. The molecule has 0 amide bonds. The summed E-state index contributed by atoms with van der Waals surface area (Å²) in [5, 5.41) is 0. The minimum atomic E-state index is -8.44. The number of rotatable bonds is 8. The molecule has 0 saturated carbocycles. The van der Waals surface area contributed by atoms with Gasteiger partial charge in [0.2, 0.25) is 0 Å². The number of hydrogen-bond donors (Lipinski definition) is 0. The van der Waals surface area contributed by atoms with Gasteiger partial charge in [0.05, 0.1) is 0 Å². The van der Waals surface area contributed by atoms with Gasteiger partial charge >= 0.3 is 66.3 Å². The maximum atomic E-state index is 14.7. The van der Waals surface area contributed by atoms with Crippen molar-refractivity contribution < 1.29 is 120 Å². The maximum absolute atomic E-state index is 14.7. The molecular weight excluding hydrogens is 645 g/mol. The SMILES string of the molecule is FC(C(F)(F)F)C(F)(F)OOC1(C(F)(OC(F)(F)C(F)(F)C(F)(F)F)C(F)(F)F)OC(F)(F)C1(F)C(F)(F)F. The highest BCUT2D eigenvalue weighted by atomic mass is 19.4. The van der Waals surface area contributed by atoms with E-state index in [2.05, 4.69) is 0 Å². The molecule has 0 N–H and O–H groups in total. The van der Waals surface area contributed by atoms with Crippen LogP contribution in [0.3, 0.4) is 0 Å². The Balaban J connectivity index is 4.02. The van der Waals surface area contributed by atoms with E-state index in [0.717, 1.165) is 0 Å². The van der Waals surface area contributed by atoms with Gasteiger partial charge in [0.15, 0.2) is 0 Å². The van der Waals surface area contributed by atoms with Crippen LogP contribution in [0.25, 0.3) is 0 Å². The van der Waals surface area contributed by atoms with Gasteiger partial charge in [-0.3, -0.25) is 9.47 Å². The Bertz CT molecular complexity index is 889. The first-order valence-electron chi connectivity index (χ1n) is 8.09. The molecule has 4 nitrogen and oxygen atoms in total. The van der Waals surface area contributed by atoms with Crippen LogP contribution < -0.4 is 0 Å². The second kappa shape index (κ2) is 8.86. The first kappa shape index (κ1) is 35.3. The van der Waals surface area contributed by atoms with Crippen molar-refractivity contribution >= 4 is 0 Å². The van der Waals surface area contributed by atoms with E-state index < -0.39 is 72.4 Å². The molecular formula is C12HF23O4. The average Bonchev–Trinajstić information content (AvgIpc) is 2.65. The molecule has 4 atom stereocenters. The van der Waals surface area contributed by atoms with Crippen molar-refractivity contribution in [2.45, 2.75) is 72.4 Å². The lowest BCUT2D eigenvalue weighted by Gasteiger charge is -2.59. The van der Waals surface area contributed by atoms with Crippen molar-refractivity contribution in [2.75, 3.05) is 0 Å². The first-order valence-corrected chi connectivity index (χ1v) is 8.09. The lowest BCUT2D eigenvalue weighted by molar-refractivity contribution is -0.696. The van der Waals surface area contributed by atoms with Crippen molar-refractivity contribution in [2.24, 2.45) is 0 Å². The molecule has 0 aromatic heterocycles. The summed E-state index contributed by atoms with van der Waals surface area (Å²) < 4.78 is 302. The molecule has 0 radical (unpaired) electrons. The van der Waals surface area contributed by atoms with E-state index in [0.29, 0.717) is 0 Å². The van der Waals surface area contributed by atoms with E-state index in [1.807, 2.05) is 9.62 Å². The molecule has 1 fully saturated rings. The monoisotopic (exact) mass is 646 g/mol. The number of ether oxygens (including phenoxy) is 2. The Morgan fingerprint density at radius 3 is 1.31 bits per heavy atom. The summed E-state index contributed by atoms with van der Waals surface area (Å²) in [7, 11) is 0. The predicted octanol–water partition coefficient (Wildman–Crippen LogP) is 7.05. The highest BCUT2D eigenvalue weighted by Gasteiger charge is 3.03. The van der Waals surface area contributed by atoms with Crippen molar-refractivity contribution in [3.05, 3.63) is 0 Å². The normalized spacial score (nSPS) is 28.1. The lowest BCUT2D eigenvalue weighted by Crippen LogP contribution is -2.90. The van der Waals surface area contributed by atoms with Gasteiger partial charge in [0.1, 0.15) is 0 Å². The molecule has 4 unspecified atom stereocenters. The summed E-state index contributed by atoms with van der Waals surface area (Å²) in [6.07, 6.45) is -60.0. The van der Waals surface area contributed by atoms with Gasteiger partial charge in [-0.15, -0.1) is 0 Å². The van der Waals surface area contributed by atoms with Crippen molar-refractivity contribution in [3.8, 4) is 0 Å². The Labute approximate surface area is 194 Å². The second-order valence-electron chi connectivity index (χ2n) is 6.81. The van der Waals surface area contributed by atoms with Gasteiger partial charge in [0.25, 0.3) is 6.17 Å². The molecule has 1 saturated heterocycles. The molecule has 0 spiro atoms. The third-order valence-electron chi connectivity index (χ3n) is 4.15. The number of hydrogen-bond acceptors (Lipinski definition) is 4. The highest BCUT2D eigenvalue weighted by Crippen LogP contribution is 2.70. The van der Waals surface area contributed by atoms with Crippen molar-refractivity contribution in [1.29, 1.82) is 0 Å². The lowest BCUT2D eigenvalue weighted by atomic mass is 9.80. The number of alkyl halides is 23. The van der Waals surface area contributed by atoms with Crippen molar-refractivity contribution in [3.63, 3.8) is 0 Å². The van der Waals surface area contributed by atoms with E-state index in [1.165, 1.54) is 4.74 Å². The topological polar surface area (TPSA) is 36.9 Å². The van der Waals surface area contributed by atoms with Crippen LogP contribution >= 0.6 is 0 Å². The Morgan fingerprint density at radius 1 is 0.615 bits per heavy atom. The zero-order valence-corrected chi connectivity index (χ0v) is 16.4. The molecule has 1 rings (SSSR count). The van der Waals surface area contributed by atoms with Crippen LogP contribution in [-0.2, 0) is 19.2 Å². The van der Waals surface area contributed by atoms with Gasteiger partial charge < -0.3 is 0 Å². The highest BCUT2D eigenvalue weighted by molar-refractivity contribution is 5.22. The Hall–Kier alpha value is -1.77. The standard InChI is InChI=1S/C12HF23O4/c13-1(2(14,15)16)3(17,18)38-39-7(4(19,8(23,24)25)11(32,33)37-7)6(22,10(29,30)31)36-12(34,35)5(20,21)9(26,27)28/h1H. The van der Waals surface area contributed by atoms with Gasteiger partial charge in [-0.1, -0.05) is 0 Å². The van der Waals surface area contributed by atoms with Crippen LogP contribution in [0, 0.1) is 0 Å². The van der Waals surface area contributed by atoms with Crippen LogP contribution in [0.1, 0.15) is 0 Å². The van der Waals surface area contributed by atoms with Gasteiger partial charge in [-0.05, 0) is 0 Å². The number of halogens is 23. The van der Waals surface area contributed by atoms with Crippen LogP contribution in [0.2, 0.25) is 0 Å². The van der Waals surface area contributed by atoms with Crippen LogP contribution in [0.5, 0.6) is 0 Å². The molecule has 0 aromatic carbocycles. The van der Waals surface area contributed by atoms with Crippen LogP contribution in [0.4, 0.5) is 101 Å². The smallest absolute Gasteiger partial charge is 0.272 e. The minimum Gasteiger partial charge on any atom is -0.272 e. The molecule has 234 valence electrons. The molecule has 0 bridgehead atoms. The summed E-state index contributed by atoms with van der Waals surface area (Å²) in [6, 6.07) is 0. The summed E-state index contributed by atoms with van der Waals surface area (Å²) in [5.74, 6) is -24.4. The molecule has 39 heavy (non-hydrogen) atoms. The molecule has 1 aliphatic rings. The zero-order valence-electron chi connectivity index (χ0n) is 16.4.